The molecule has 0 aromatic heterocycles. The van der Waals surface area contributed by atoms with Gasteiger partial charge in [-0.15, -0.1) is 0 Å². The van der Waals surface area contributed by atoms with Crippen LogP contribution in [0.5, 0.6) is 11.5 Å². The lowest BCUT2D eigenvalue weighted by molar-refractivity contribution is -0.122. The Kier molecular flexibility index (Phi) is 4.82. The average molecular weight is 285 g/mol. The Morgan fingerprint density at radius 3 is 2.14 bits per heavy atom. The van der Waals surface area contributed by atoms with Crippen molar-refractivity contribution in [2.24, 2.45) is 0 Å². The largest absolute Gasteiger partial charge is 0.497 e. The minimum absolute atomic E-state index is 0.194. The van der Waals surface area contributed by atoms with E-state index in [0.717, 1.165) is 11.3 Å². The molecule has 1 N–H and O–H groups in total. The maximum atomic E-state index is 12.1. The Labute approximate surface area is 124 Å². The van der Waals surface area contributed by atoms with E-state index in [-0.39, 0.29) is 5.91 Å². The van der Waals surface area contributed by atoms with Crippen LogP contribution >= 0.6 is 0 Å². The number of nitrogens with one attached hydrogen (secondary N) is 1. The van der Waals surface area contributed by atoms with Crippen molar-refractivity contribution in [2.45, 2.75) is 20.0 Å². The Morgan fingerprint density at radius 1 is 1.00 bits per heavy atom. The van der Waals surface area contributed by atoms with Gasteiger partial charge in [0.1, 0.15) is 11.5 Å². The highest BCUT2D eigenvalue weighted by Crippen LogP contribution is 2.17. The molecule has 0 fully saturated rings. The van der Waals surface area contributed by atoms with Crippen LogP contribution in [-0.4, -0.2) is 19.1 Å². The molecule has 0 bridgehead atoms. The molecule has 2 aromatic rings. The van der Waals surface area contributed by atoms with Gasteiger partial charge < -0.3 is 14.8 Å². The molecular weight excluding hydrogens is 266 g/mol. The first kappa shape index (κ1) is 14.9. The number of rotatable bonds is 5. The van der Waals surface area contributed by atoms with Crippen LogP contribution in [0.15, 0.2) is 48.5 Å². The summed E-state index contributed by atoms with van der Waals surface area (Å²) in [6, 6.07) is 14.8. The third-order valence-corrected chi connectivity index (χ3v) is 3.06. The van der Waals surface area contributed by atoms with Gasteiger partial charge in [0.05, 0.1) is 7.11 Å². The molecule has 0 aliphatic rings. The highest BCUT2D eigenvalue weighted by atomic mass is 16.5. The van der Waals surface area contributed by atoms with Crippen LogP contribution in [0.1, 0.15) is 12.5 Å². The minimum atomic E-state index is -0.574. The molecule has 0 spiro atoms. The molecule has 4 heteroatoms. The number of carbonyl (C=O) groups excluding carboxylic acids is 1. The third kappa shape index (κ3) is 4.24. The van der Waals surface area contributed by atoms with Gasteiger partial charge in [-0.25, -0.2) is 0 Å². The molecule has 1 atom stereocenters. The van der Waals surface area contributed by atoms with Crippen molar-refractivity contribution in [3.63, 3.8) is 0 Å². The summed E-state index contributed by atoms with van der Waals surface area (Å²) in [7, 11) is 1.60. The number of aryl methyl sites for hydroxylation is 1. The molecule has 2 rings (SSSR count). The van der Waals surface area contributed by atoms with Crippen LogP contribution in [0.4, 0.5) is 5.69 Å². The van der Waals surface area contributed by atoms with Gasteiger partial charge in [0.25, 0.3) is 5.91 Å². The molecule has 2 aromatic carbocycles. The first-order chi connectivity index (χ1) is 10.1. The minimum Gasteiger partial charge on any atom is -0.497 e. The van der Waals surface area contributed by atoms with Crippen LogP contribution in [0.3, 0.4) is 0 Å². The summed E-state index contributed by atoms with van der Waals surface area (Å²) in [4.78, 5) is 12.1. The number of anilines is 1. The van der Waals surface area contributed by atoms with Crippen molar-refractivity contribution < 1.29 is 14.3 Å². The zero-order valence-corrected chi connectivity index (χ0v) is 12.4. The first-order valence-corrected chi connectivity index (χ1v) is 6.77. The molecule has 4 nitrogen and oxygen atoms in total. The molecule has 0 aliphatic carbocycles. The van der Waals surface area contributed by atoms with Crippen molar-refractivity contribution in [2.75, 3.05) is 12.4 Å². The first-order valence-electron chi connectivity index (χ1n) is 6.77. The van der Waals surface area contributed by atoms with E-state index >= 15 is 0 Å². The van der Waals surface area contributed by atoms with Crippen molar-refractivity contribution in [1.82, 2.24) is 0 Å². The molecule has 0 saturated heterocycles. The zero-order chi connectivity index (χ0) is 15.2. The van der Waals surface area contributed by atoms with Gasteiger partial charge in [0.15, 0.2) is 6.10 Å². The fraction of sp³-hybridized carbons (Fsp3) is 0.235. The number of benzene rings is 2. The second-order valence-electron chi connectivity index (χ2n) is 4.79. The predicted octanol–water partition coefficient (Wildman–Crippen LogP) is 3.41. The average Bonchev–Trinajstić information content (AvgIpc) is 2.50. The van der Waals surface area contributed by atoms with E-state index in [1.165, 1.54) is 0 Å². The fourth-order valence-corrected chi connectivity index (χ4v) is 1.79. The van der Waals surface area contributed by atoms with E-state index in [1.807, 2.05) is 31.2 Å². The molecule has 21 heavy (non-hydrogen) atoms. The maximum absolute atomic E-state index is 12.1. The van der Waals surface area contributed by atoms with Gasteiger partial charge in [-0.2, -0.15) is 0 Å². The Balaban J connectivity index is 1.93. The SMILES string of the molecule is COc1ccc(NC(=O)C(C)Oc2ccc(C)cc2)cc1. The molecule has 0 radical (unpaired) electrons. The number of carbonyl (C=O) groups is 1. The quantitative estimate of drug-likeness (QED) is 0.915. The third-order valence-electron chi connectivity index (χ3n) is 3.06. The smallest absolute Gasteiger partial charge is 0.265 e. The van der Waals surface area contributed by atoms with Gasteiger partial charge in [-0.3, -0.25) is 4.79 Å². The van der Waals surface area contributed by atoms with E-state index < -0.39 is 6.10 Å². The Bertz CT molecular complexity index is 590. The van der Waals surface area contributed by atoms with Crippen LogP contribution in [0.2, 0.25) is 0 Å². The van der Waals surface area contributed by atoms with Crippen molar-refractivity contribution in [3.8, 4) is 11.5 Å². The zero-order valence-electron chi connectivity index (χ0n) is 12.4. The van der Waals surface area contributed by atoms with Crippen LogP contribution in [-0.2, 0) is 4.79 Å². The number of hydrogen-bond acceptors (Lipinski definition) is 3. The van der Waals surface area contributed by atoms with Crippen LogP contribution in [0, 0.1) is 6.92 Å². The highest BCUT2D eigenvalue weighted by molar-refractivity contribution is 5.94. The Hall–Kier alpha value is -2.49. The second kappa shape index (κ2) is 6.79. The van der Waals surface area contributed by atoms with E-state index in [0.29, 0.717) is 11.4 Å². The summed E-state index contributed by atoms with van der Waals surface area (Å²) in [5.74, 6) is 1.23. The van der Waals surface area contributed by atoms with Crippen molar-refractivity contribution >= 4 is 11.6 Å². The van der Waals surface area contributed by atoms with E-state index in [4.69, 9.17) is 9.47 Å². The molecule has 110 valence electrons. The molecule has 1 amide bonds. The summed E-state index contributed by atoms with van der Waals surface area (Å²) < 4.78 is 10.7. The number of ether oxygens (including phenoxy) is 2. The topological polar surface area (TPSA) is 47.6 Å². The number of amides is 1. The summed E-state index contributed by atoms with van der Waals surface area (Å²) >= 11 is 0. The number of hydrogen-bond donors (Lipinski definition) is 1. The van der Waals surface area contributed by atoms with Gasteiger partial charge >= 0.3 is 0 Å². The predicted molar refractivity (Wildman–Crippen MR) is 82.9 cm³/mol. The summed E-state index contributed by atoms with van der Waals surface area (Å²) in [6.07, 6.45) is -0.574. The summed E-state index contributed by atoms with van der Waals surface area (Å²) in [6.45, 7) is 3.72. The molecule has 0 saturated carbocycles. The lowest BCUT2D eigenvalue weighted by Gasteiger charge is -2.15. The highest BCUT2D eigenvalue weighted by Gasteiger charge is 2.14. The number of methoxy groups -OCH3 is 1. The van der Waals surface area contributed by atoms with Gasteiger partial charge in [0.2, 0.25) is 0 Å². The van der Waals surface area contributed by atoms with Gasteiger partial charge in [-0.05, 0) is 50.2 Å². The summed E-state index contributed by atoms with van der Waals surface area (Å²) in [5.41, 5.74) is 1.86. The monoisotopic (exact) mass is 285 g/mol. The maximum Gasteiger partial charge on any atom is 0.265 e. The van der Waals surface area contributed by atoms with E-state index in [9.17, 15) is 4.79 Å². The van der Waals surface area contributed by atoms with Crippen LogP contribution < -0.4 is 14.8 Å². The normalized spacial score (nSPS) is 11.6. The van der Waals surface area contributed by atoms with Crippen LogP contribution in [0.25, 0.3) is 0 Å². The lowest BCUT2D eigenvalue weighted by Crippen LogP contribution is -2.30. The van der Waals surface area contributed by atoms with Crippen molar-refractivity contribution in [3.05, 3.63) is 54.1 Å². The Morgan fingerprint density at radius 2 is 1.57 bits per heavy atom. The second-order valence-corrected chi connectivity index (χ2v) is 4.79. The fourth-order valence-electron chi connectivity index (χ4n) is 1.79. The van der Waals surface area contributed by atoms with Gasteiger partial charge in [-0.1, -0.05) is 17.7 Å². The van der Waals surface area contributed by atoms with E-state index in [1.54, 1.807) is 38.3 Å². The van der Waals surface area contributed by atoms with Gasteiger partial charge in [0, 0.05) is 5.69 Å². The molecular formula is C17H19NO3. The molecule has 0 aliphatic heterocycles. The van der Waals surface area contributed by atoms with E-state index in [2.05, 4.69) is 5.32 Å². The summed E-state index contributed by atoms with van der Waals surface area (Å²) in [5, 5.41) is 2.81. The van der Waals surface area contributed by atoms with Crippen molar-refractivity contribution in [1.29, 1.82) is 0 Å². The lowest BCUT2D eigenvalue weighted by atomic mass is 10.2. The molecule has 1 unspecified atom stereocenters. The molecule has 0 heterocycles. The standard InChI is InChI=1S/C17H19NO3/c1-12-4-8-16(9-5-12)21-13(2)17(19)18-14-6-10-15(20-3)11-7-14/h4-11,13H,1-3H3,(H,18,19).